The van der Waals surface area contributed by atoms with Crippen molar-refractivity contribution in [3.8, 4) is 34.1 Å². The normalized spacial score (nSPS) is 11.7. The van der Waals surface area contributed by atoms with Crippen molar-refractivity contribution < 1.29 is 66.7 Å². The summed E-state index contributed by atoms with van der Waals surface area (Å²) in [6.45, 7) is 7.81. The van der Waals surface area contributed by atoms with E-state index >= 15 is 0 Å². The molecule has 0 saturated carbocycles. The lowest BCUT2D eigenvalue weighted by Crippen LogP contribution is -2.11. The number of ether oxygens (including phenoxy) is 8. The highest BCUT2D eigenvalue weighted by Gasteiger charge is 2.21. The summed E-state index contributed by atoms with van der Waals surface area (Å²) in [5.74, 6) is -0.789. The molecule has 0 heterocycles. The molecule has 0 aliphatic heterocycles. The Kier molecular flexibility index (Phi) is 19.1. The van der Waals surface area contributed by atoms with Gasteiger partial charge < -0.3 is 37.9 Å². The quantitative estimate of drug-likeness (QED) is 0.0138. The van der Waals surface area contributed by atoms with Crippen LogP contribution in [0.3, 0.4) is 0 Å². The van der Waals surface area contributed by atoms with E-state index in [1.165, 1.54) is 46.9 Å². The van der Waals surface area contributed by atoms with Crippen molar-refractivity contribution in [2.24, 2.45) is 0 Å². The lowest BCUT2D eigenvalue weighted by molar-refractivity contribution is -0.138. The predicted molar refractivity (Wildman–Crippen MR) is 250 cm³/mol. The van der Waals surface area contributed by atoms with Gasteiger partial charge in [-0.15, -0.1) is 0 Å². The minimum absolute atomic E-state index is 0.150. The maximum atomic E-state index is 13.6. The van der Waals surface area contributed by atoms with E-state index < -0.39 is 33.8 Å². The summed E-state index contributed by atoms with van der Waals surface area (Å²) in [6.07, 6.45) is 8.42. The van der Waals surface area contributed by atoms with Crippen LogP contribution in [-0.4, -0.2) is 60.3 Å². The minimum Gasteiger partial charge on any atom is -0.494 e. The van der Waals surface area contributed by atoms with E-state index in [0.29, 0.717) is 79.3 Å². The summed E-state index contributed by atoms with van der Waals surface area (Å²) in [7, 11) is 0. The molecule has 0 N–H and O–H groups in total. The Morgan fingerprint density at radius 1 is 0.516 bits per heavy atom. The number of rotatable bonds is 22. The van der Waals surface area contributed by atoms with Gasteiger partial charge in [0.05, 0.1) is 65.7 Å². The van der Waals surface area contributed by atoms with Gasteiger partial charge in [0.2, 0.25) is 0 Å². The van der Waals surface area contributed by atoms with Crippen LogP contribution < -0.4 is 18.9 Å². The Morgan fingerprint density at radius 2 is 1.00 bits per heavy atom. The number of hydrogen-bond donors (Lipinski definition) is 0. The molecular formula is C48H42I2O14. The number of carbonyl (C=O) groups is 6. The van der Waals surface area contributed by atoms with Gasteiger partial charge in [-0.1, -0.05) is 13.2 Å². The van der Waals surface area contributed by atoms with Crippen LogP contribution in [0.15, 0.2) is 134 Å². The van der Waals surface area contributed by atoms with Gasteiger partial charge in [-0.05, 0) is 145 Å². The van der Waals surface area contributed by atoms with Crippen molar-refractivity contribution >= 4 is 79.0 Å². The van der Waals surface area contributed by atoms with Crippen LogP contribution in [0.1, 0.15) is 69.6 Å². The summed E-state index contributed by atoms with van der Waals surface area (Å²) >= 11 is 3.67. The molecule has 0 radical (unpaired) electrons. The van der Waals surface area contributed by atoms with Crippen molar-refractivity contribution in [2.45, 2.75) is 38.5 Å². The molecule has 1 aliphatic rings. The largest absolute Gasteiger partial charge is 0.494 e. The standard InChI is InChI=1S/C48H42I2O14/c1-3-43(51)59-27-7-5-25-57-35-15-9-32(10-16-35)46(54)64-42-24-14-34(49)30-40(42)39-29-33(13-23-41(39)58-26-6-8-28-60-44(52)4-2)47(55)62-36-17-11-31(12-18-36)45(53)61-37-19-21-38(22-20-37)63-48(50)56/h3-4,9-19,21,23-24,29-30H,1-2,5-8,20,22,25-28H2. The van der Waals surface area contributed by atoms with Crippen molar-refractivity contribution in [1.82, 2.24) is 0 Å². The van der Waals surface area contributed by atoms with E-state index in [1.807, 2.05) is 0 Å². The zero-order valence-corrected chi connectivity index (χ0v) is 38.7. The molecule has 4 aromatic carbocycles. The summed E-state index contributed by atoms with van der Waals surface area (Å²) < 4.78 is 44.5. The molecule has 5 rings (SSSR count). The van der Waals surface area contributed by atoms with Crippen LogP contribution in [0.4, 0.5) is 4.79 Å². The van der Waals surface area contributed by atoms with Crippen molar-refractivity contribution in [2.75, 3.05) is 26.4 Å². The van der Waals surface area contributed by atoms with E-state index in [1.54, 1.807) is 72.8 Å². The van der Waals surface area contributed by atoms with E-state index in [0.717, 1.165) is 15.7 Å². The Labute approximate surface area is 396 Å². The second-order valence-corrected chi connectivity index (χ2v) is 15.7. The average molecular weight is 1100 g/mol. The third kappa shape index (κ3) is 15.5. The van der Waals surface area contributed by atoms with Gasteiger partial charge in [-0.2, -0.15) is 0 Å². The zero-order chi connectivity index (χ0) is 45.8. The average Bonchev–Trinajstić information content (AvgIpc) is 3.29. The number of benzene rings is 4. The van der Waals surface area contributed by atoms with Crippen LogP contribution in [0, 0.1) is 3.57 Å². The predicted octanol–water partition coefficient (Wildman–Crippen LogP) is 10.5. The number of allylic oxidation sites excluding steroid dienone is 4. The van der Waals surface area contributed by atoms with Gasteiger partial charge in [-0.25, -0.2) is 28.8 Å². The second-order valence-electron chi connectivity index (χ2n) is 13.5. The van der Waals surface area contributed by atoms with Crippen LogP contribution >= 0.6 is 45.2 Å². The Balaban J connectivity index is 1.29. The number of hydrogen-bond acceptors (Lipinski definition) is 14. The fraction of sp³-hybridized carbons (Fsp3) is 0.208. The van der Waals surface area contributed by atoms with Gasteiger partial charge in [0.1, 0.15) is 34.5 Å². The van der Waals surface area contributed by atoms with Gasteiger partial charge in [0.15, 0.2) is 0 Å². The molecule has 0 saturated heterocycles. The van der Waals surface area contributed by atoms with E-state index in [4.69, 9.17) is 37.9 Å². The summed E-state index contributed by atoms with van der Waals surface area (Å²) in [5, 5.41) is 0. The molecule has 16 heteroatoms. The van der Waals surface area contributed by atoms with E-state index in [-0.39, 0.29) is 48.0 Å². The number of halogens is 2. The molecule has 64 heavy (non-hydrogen) atoms. The first-order valence-electron chi connectivity index (χ1n) is 19.8. The Hall–Kier alpha value is -6.28. The maximum Gasteiger partial charge on any atom is 0.372 e. The van der Waals surface area contributed by atoms with Gasteiger partial charge >= 0.3 is 33.8 Å². The molecule has 332 valence electrons. The zero-order valence-electron chi connectivity index (χ0n) is 34.3. The fourth-order valence-electron chi connectivity index (χ4n) is 5.76. The molecule has 0 atom stereocenters. The van der Waals surface area contributed by atoms with Gasteiger partial charge in [0, 0.05) is 39.7 Å². The highest BCUT2D eigenvalue weighted by molar-refractivity contribution is 14.1. The maximum absolute atomic E-state index is 13.6. The van der Waals surface area contributed by atoms with Gasteiger partial charge in [0.25, 0.3) is 0 Å². The minimum atomic E-state index is -0.711. The third-order valence-corrected chi connectivity index (χ3v) is 9.87. The molecule has 0 spiro atoms. The molecule has 0 bridgehead atoms. The summed E-state index contributed by atoms with van der Waals surface area (Å²) in [6, 6.07) is 22.3. The van der Waals surface area contributed by atoms with Crippen LogP contribution in [0.5, 0.6) is 23.0 Å². The topological polar surface area (TPSA) is 176 Å². The van der Waals surface area contributed by atoms with Crippen molar-refractivity contribution in [3.63, 3.8) is 0 Å². The van der Waals surface area contributed by atoms with Crippen LogP contribution in [0.2, 0.25) is 0 Å². The van der Waals surface area contributed by atoms with E-state index in [2.05, 4.69) is 35.7 Å². The Bertz CT molecular complexity index is 2420. The van der Waals surface area contributed by atoms with Crippen molar-refractivity contribution in [3.05, 3.63) is 154 Å². The van der Waals surface area contributed by atoms with E-state index in [9.17, 15) is 28.8 Å². The fourth-order valence-corrected chi connectivity index (χ4v) is 6.53. The second kappa shape index (κ2) is 25.1. The smallest absolute Gasteiger partial charge is 0.372 e. The molecular weight excluding hydrogens is 1050 g/mol. The van der Waals surface area contributed by atoms with Crippen molar-refractivity contribution in [1.29, 1.82) is 0 Å². The first kappa shape index (κ1) is 48.7. The molecule has 1 aliphatic carbocycles. The van der Waals surface area contributed by atoms with Crippen LogP contribution in [-0.2, 0) is 28.5 Å². The number of unbranched alkanes of at least 4 members (excludes halogenated alkanes) is 2. The lowest BCUT2D eigenvalue weighted by Gasteiger charge is -2.17. The van der Waals surface area contributed by atoms with Gasteiger partial charge in [-0.3, -0.25) is 0 Å². The highest BCUT2D eigenvalue weighted by Crippen LogP contribution is 2.39. The molecule has 0 fully saturated rings. The SMILES string of the molecule is C=CC(=O)OCCCCOc1ccc(C(=O)Oc2ccc(I)cc2-c2cc(C(=O)Oc3ccc(C(=O)OC4=CC=C(OC(=O)I)CC4)cc3)ccc2OCCCCOC(=O)C=C)cc1. The molecule has 14 nitrogen and oxygen atoms in total. The molecule has 0 amide bonds. The first-order chi connectivity index (χ1) is 30.9. The molecule has 0 unspecified atom stereocenters. The first-order valence-corrected chi connectivity index (χ1v) is 22.0. The Morgan fingerprint density at radius 3 is 1.58 bits per heavy atom. The lowest BCUT2D eigenvalue weighted by atomic mass is 10.0. The van der Waals surface area contributed by atoms with Crippen LogP contribution in [0.25, 0.3) is 11.1 Å². The molecule has 4 aromatic rings. The monoisotopic (exact) mass is 1100 g/mol. The highest BCUT2D eigenvalue weighted by atomic mass is 127. The molecule has 0 aromatic heterocycles. The number of carbonyl (C=O) groups excluding carboxylic acids is 6. The summed E-state index contributed by atoms with van der Waals surface area (Å²) in [4.78, 5) is 73.8. The third-order valence-electron chi connectivity index (χ3n) is 8.97. The number of esters is 5. The summed E-state index contributed by atoms with van der Waals surface area (Å²) in [5.41, 5.74) is 1.52.